The SMILES string of the molecule is CCCCC/C=C\C/C=C\C/C=C\CCCCCCC(=O)N[C@H](CCCC(=O)O)C(=O)O. The van der Waals surface area contributed by atoms with Crippen molar-refractivity contribution in [2.75, 3.05) is 0 Å². The third kappa shape index (κ3) is 20.9. The number of allylic oxidation sites excluding steroid dienone is 6. The number of carboxylic acid groups (broad SMARTS) is 2. The standard InChI is InChI=1S/C26H43NO5/c1-2-3-4-5-6-7-8-9-10-11-12-13-14-15-16-17-18-21-24(28)27-23(26(31)32)20-19-22-25(29)30/h6-7,9-10,12-13,23H,2-5,8,11,14-22H2,1H3,(H,27,28)(H,29,30)(H,31,32)/b7-6-,10-9-,13-12-/t23-/m1/s1. The number of carbonyl (C=O) groups is 3. The average Bonchev–Trinajstić information content (AvgIpc) is 2.74. The predicted octanol–water partition coefficient (Wildman–Crippen LogP) is 6.18. The Bertz CT molecular complexity index is 595. The van der Waals surface area contributed by atoms with Crippen molar-refractivity contribution < 1.29 is 24.6 Å². The van der Waals surface area contributed by atoms with Crippen LogP contribution >= 0.6 is 0 Å². The van der Waals surface area contributed by atoms with Crippen molar-refractivity contribution in [3.05, 3.63) is 36.5 Å². The first-order valence-corrected chi connectivity index (χ1v) is 12.2. The molecule has 0 aliphatic rings. The number of hydrogen-bond acceptors (Lipinski definition) is 3. The van der Waals surface area contributed by atoms with Crippen molar-refractivity contribution in [2.45, 2.75) is 109 Å². The molecule has 0 aromatic heterocycles. The topological polar surface area (TPSA) is 104 Å². The van der Waals surface area contributed by atoms with Gasteiger partial charge in [-0.1, -0.05) is 69.1 Å². The van der Waals surface area contributed by atoms with Crippen molar-refractivity contribution in [3.63, 3.8) is 0 Å². The molecule has 0 aliphatic heterocycles. The van der Waals surface area contributed by atoms with Crippen LogP contribution in [-0.4, -0.2) is 34.1 Å². The molecule has 0 aromatic carbocycles. The zero-order chi connectivity index (χ0) is 23.9. The highest BCUT2D eigenvalue weighted by molar-refractivity contribution is 5.83. The van der Waals surface area contributed by atoms with Gasteiger partial charge in [0.2, 0.25) is 5.91 Å². The second-order valence-corrected chi connectivity index (χ2v) is 8.08. The molecule has 0 spiro atoms. The molecule has 0 rings (SSSR count). The van der Waals surface area contributed by atoms with E-state index in [1.165, 1.54) is 25.7 Å². The minimum atomic E-state index is -1.12. The fraction of sp³-hybridized carbons (Fsp3) is 0.654. The molecule has 32 heavy (non-hydrogen) atoms. The molecule has 0 unspecified atom stereocenters. The van der Waals surface area contributed by atoms with Gasteiger partial charge in [0.05, 0.1) is 0 Å². The number of carbonyl (C=O) groups excluding carboxylic acids is 1. The molecule has 0 heterocycles. The van der Waals surface area contributed by atoms with Crippen molar-refractivity contribution >= 4 is 17.8 Å². The van der Waals surface area contributed by atoms with Crippen LogP contribution in [0.5, 0.6) is 0 Å². The van der Waals surface area contributed by atoms with Gasteiger partial charge >= 0.3 is 11.9 Å². The predicted molar refractivity (Wildman–Crippen MR) is 130 cm³/mol. The van der Waals surface area contributed by atoms with Crippen LogP contribution < -0.4 is 5.32 Å². The summed E-state index contributed by atoms with van der Waals surface area (Å²) in [6.45, 7) is 2.22. The Morgan fingerprint density at radius 2 is 1.28 bits per heavy atom. The third-order valence-electron chi connectivity index (χ3n) is 5.06. The Labute approximate surface area is 193 Å². The number of unbranched alkanes of at least 4 members (excludes halogenated alkanes) is 7. The zero-order valence-corrected chi connectivity index (χ0v) is 19.8. The Hall–Kier alpha value is -2.37. The lowest BCUT2D eigenvalue weighted by Gasteiger charge is -2.13. The number of nitrogens with one attached hydrogen (secondary N) is 1. The van der Waals surface area contributed by atoms with E-state index in [2.05, 4.69) is 48.7 Å². The van der Waals surface area contributed by atoms with Gasteiger partial charge in [0.25, 0.3) is 0 Å². The summed E-state index contributed by atoms with van der Waals surface area (Å²) in [6, 6.07) is -1.01. The largest absolute Gasteiger partial charge is 0.481 e. The van der Waals surface area contributed by atoms with Crippen LogP contribution in [-0.2, 0) is 14.4 Å². The van der Waals surface area contributed by atoms with Crippen molar-refractivity contribution in [1.82, 2.24) is 5.32 Å². The summed E-state index contributed by atoms with van der Waals surface area (Å²) in [5.41, 5.74) is 0. The molecular weight excluding hydrogens is 406 g/mol. The van der Waals surface area contributed by atoms with Crippen LogP contribution in [0.4, 0.5) is 0 Å². The minimum absolute atomic E-state index is 0.0963. The quantitative estimate of drug-likeness (QED) is 0.143. The molecule has 1 amide bonds. The zero-order valence-electron chi connectivity index (χ0n) is 19.8. The summed E-state index contributed by atoms with van der Waals surface area (Å²) in [6.07, 6.45) is 25.7. The lowest BCUT2D eigenvalue weighted by atomic mass is 10.1. The van der Waals surface area contributed by atoms with E-state index in [1.54, 1.807) is 0 Å². The smallest absolute Gasteiger partial charge is 0.326 e. The van der Waals surface area contributed by atoms with Crippen LogP contribution in [0, 0.1) is 0 Å². The normalized spacial score (nSPS) is 12.7. The number of carboxylic acids is 2. The van der Waals surface area contributed by atoms with Gasteiger partial charge in [0.1, 0.15) is 6.04 Å². The first kappa shape index (κ1) is 29.6. The van der Waals surface area contributed by atoms with Gasteiger partial charge in [-0.2, -0.15) is 0 Å². The molecule has 0 aliphatic carbocycles. The van der Waals surface area contributed by atoms with Gasteiger partial charge in [-0.25, -0.2) is 4.79 Å². The maximum atomic E-state index is 11.9. The van der Waals surface area contributed by atoms with Gasteiger partial charge in [0.15, 0.2) is 0 Å². The highest BCUT2D eigenvalue weighted by atomic mass is 16.4. The molecule has 182 valence electrons. The Kier molecular flexibility index (Phi) is 20.2. The first-order valence-electron chi connectivity index (χ1n) is 12.2. The van der Waals surface area contributed by atoms with Crippen LogP contribution in [0.2, 0.25) is 0 Å². The summed E-state index contributed by atoms with van der Waals surface area (Å²) in [5, 5.41) is 20.2. The van der Waals surface area contributed by atoms with Crippen molar-refractivity contribution in [2.24, 2.45) is 0 Å². The van der Waals surface area contributed by atoms with Crippen LogP contribution in [0.15, 0.2) is 36.5 Å². The molecule has 6 nitrogen and oxygen atoms in total. The Balaban J connectivity index is 3.67. The van der Waals surface area contributed by atoms with Crippen LogP contribution in [0.25, 0.3) is 0 Å². The van der Waals surface area contributed by atoms with E-state index in [0.717, 1.165) is 44.9 Å². The molecule has 3 N–H and O–H groups in total. The molecule has 0 bridgehead atoms. The number of hydrogen-bond donors (Lipinski definition) is 3. The lowest BCUT2D eigenvalue weighted by molar-refractivity contribution is -0.142. The van der Waals surface area contributed by atoms with E-state index in [4.69, 9.17) is 10.2 Å². The molecule has 0 saturated heterocycles. The molecule has 0 fully saturated rings. The lowest BCUT2D eigenvalue weighted by Crippen LogP contribution is -2.40. The monoisotopic (exact) mass is 449 g/mol. The van der Waals surface area contributed by atoms with Gasteiger partial charge in [-0.3, -0.25) is 9.59 Å². The number of rotatable bonds is 21. The van der Waals surface area contributed by atoms with Gasteiger partial charge < -0.3 is 15.5 Å². The van der Waals surface area contributed by atoms with E-state index in [1.807, 2.05) is 0 Å². The Morgan fingerprint density at radius 1 is 0.719 bits per heavy atom. The summed E-state index contributed by atoms with van der Waals surface area (Å²) >= 11 is 0. The van der Waals surface area contributed by atoms with Crippen LogP contribution in [0.3, 0.4) is 0 Å². The Morgan fingerprint density at radius 3 is 1.84 bits per heavy atom. The van der Waals surface area contributed by atoms with Crippen molar-refractivity contribution in [1.29, 1.82) is 0 Å². The molecule has 0 radical (unpaired) electrons. The fourth-order valence-corrected chi connectivity index (χ4v) is 3.17. The second-order valence-electron chi connectivity index (χ2n) is 8.08. The van der Waals surface area contributed by atoms with E-state index in [0.29, 0.717) is 6.42 Å². The summed E-state index contributed by atoms with van der Waals surface area (Å²) in [5.74, 6) is -2.37. The fourth-order valence-electron chi connectivity index (χ4n) is 3.17. The summed E-state index contributed by atoms with van der Waals surface area (Å²) < 4.78 is 0. The number of amides is 1. The second kappa shape index (κ2) is 21.8. The average molecular weight is 450 g/mol. The van der Waals surface area contributed by atoms with Crippen molar-refractivity contribution in [3.8, 4) is 0 Å². The van der Waals surface area contributed by atoms with Gasteiger partial charge in [-0.05, 0) is 57.8 Å². The molecular formula is C26H43NO5. The van der Waals surface area contributed by atoms with Gasteiger partial charge in [0, 0.05) is 12.8 Å². The molecule has 0 aromatic rings. The molecule has 0 saturated carbocycles. The maximum absolute atomic E-state index is 11.9. The summed E-state index contributed by atoms with van der Waals surface area (Å²) in [4.78, 5) is 33.6. The van der Waals surface area contributed by atoms with E-state index < -0.39 is 18.0 Å². The third-order valence-corrected chi connectivity index (χ3v) is 5.06. The van der Waals surface area contributed by atoms with Gasteiger partial charge in [-0.15, -0.1) is 0 Å². The number of aliphatic carboxylic acids is 2. The highest BCUT2D eigenvalue weighted by Gasteiger charge is 2.19. The summed E-state index contributed by atoms with van der Waals surface area (Å²) in [7, 11) is 0. The molecule has 6 heteroatoms. The first-order chi connectivity index (χ1) is 15.5. The van der Waals surface area contributed by atoms with E-state index >= 15 is 0 Å². The van der Waals surface area contributed by atoms with Crippen LogP contribution in [0.1, 0.15) is 103 Å². The molecule has 1 atom stereocenters. The minimum Gasteiger partial charge on any atom is -0.481 e. The van der Waals surface area contributed by atoms with E-state index in [9.17, 15) is 14.4 Å². The highest BCUT2D eigenvalue weighted by Crippen LogP contribution is 2.08. The maximum Gasteiger partial charge on any atom is 0.326 e. The van der Waals surface area contributed by atoms with E-state index in [-0.39, 0.29) is 25.2 Å².